The van der Waals surface area contributed by atoms with Crippen molar-refractivity contribution in [1.82, 2.24) is 10.2 Å². The summed E-state index contributed by atoms with van der Waals surface area (Å²) in [6.07, 6.45) is 1.98. The van der Waals surface area contributed by atoms with Gasteiger partial charge in [-0.1, -0.05) is 29.8 Å². The molecule has 3 rings (SSSR count). The molecule has 1 heterocycles. The van der Waals surface area contributed by atoms with Gasteiger partial charge in [-0.2, -0.15) is 0 Å². The summed E-state index contributed by atoms with van der Waals surface area (Å²) < 4.78 is 15.7. The van der Waals surface area contributed by atoms with Gasteiger partial charge in [0.05, 0.1) is 26.6 Å². The highest BCUT2D eigenvalue weighted by molar-refractivity contribution is 6.29. The number of nitrogens with zero attached hydrogens (tertiary/aromatic N) is 2. The summed E-state index contributed by atoms with van der Waals surface area (Å²) in [5.74, 6) is -0.918. The van der Waals surface area contributed by atoms with Crippen LogP contribution in [0.3, 0.4) is 0 Å². The second kappa shape index (κ2) is 8.56. The fourth-order valence-corrected chi connectivity index (χ4v) is 3.19. The van der Waals surface area contributed by atoms with E-state index in [1.807, 2.05) is 25.1 Å². The van der Waals surface area contributed by atoms with Gasteiger partial charge in [-0.25, -0.2) is 0 Å². The molecule has 7 nitrogen and oxygen atoms in total. The quantitative estimate of drug-likeness (QED) is 0.646. The van der Waals surface area contributed by atoms with Crippen molar-refractivity contribution in [2.75, 3.05) is 14.2 Å². The molecule has 1 aliphatic rings. The van der Waals surface area contributed by atoms with Gasteiger partial charge in [0.25, 0.3) is 0 Å². The number of aromatic nitrogens is 2. The van der Waals surface area contributed by atoms with Gasteiger partial charge >= 0.3 is 11.9 Å². The maximum absolute atomic E-state index is 12.4. The van der Waals surface area contributed by atoms with Crippen molar-refractivity contribution in [2.24, 2.45) is 0 Å². The molecule has 2 aromatic rings. The summed E-state index contributed by atoms with van der Waals surface area (Å²) in [5, 5.41) is 7.96. The number of carbonyl (C=O) groups excluding carboxylic acids is 2. The molecule has 1 atom stereocenters. The minimum absolute atomic E-state index is 0.0771. The lowest BCUT2D eigenvalue weighted by Gasteiger charge is -2.19. The lowest BCUT2D eigenvalue weighted by Crippen LogP contribution is -2.20. The minimum Gasteiger partial charge on any atom is -0.469 e. The van der Waals surface area contributed by atoms with E-state index in [1.165, 1.54) is 20.3 Å². The van der Waals surface area contributed by atoms with Crippen molar-refractivity contribution < 1.29 is 23.8 Å². The van der Waals surface area contributed by atoms with E-state index < -0.39 is 17.9 Å². The molecule has 0 N–H and O–H groups in total. The van der Waals surface area contributed by atoms with Gasteiger partial charge in [0, 0.05) is 5.56 Å². The van der Waals surface area contributed by atoms with E-state index in [1.54, 1.807) is 0 Å². The number of benzene rings is 1. The SMILES string of the molecule is COC(=O)CC(C(=O)OC)c1cc(Cl)nnc1Oc1c(C)cccc1C1CC1. The maximum Gasteiger partial charge on any atom is 0.313 e. The third-order valence-electron chi connectivity index (χ3n) is 4.68. The Labute approximate surface area is 168 Å². The van der Waals surface area contributed by atoms with Crippen LogP contribution >= 0.6 is 11.6 Å². The number of carbonyl (C=O) groups is 2. The number of esters is 2. The molecule has 1 saturated carbocycles. The van der Waals surface area contributed by atoms with Gasteiger partial charge in [0.15, 0.2) is 5.15 Å². The number of hydrogen-bond donors (Lipinski definition) is 0. The zero-order valence-electron chi connectivity index (χ0n) is 15.9. The normalized spacial score (nSPS) is 14.3. The number of hydrogen-bond acceptors (Lipinski definition) is 7. The molecule has 148 valence electrons. The molecule has 8 heteroatoms. The highest BCUT2D eigenvalue weighted by atomic mass is 35.5. The first kappa shape index (κ1) is 20.1. The van der Waals surface area contributed by atoms with Crippen LogP contribution in [0.2, 0.25) is 5.15 Å². The zero-order chi connectivity index (χ0) is 20.3. The molecular formula is C20H21ClN2O5. The molecular weight excluding hydrogens is 384 g/mol. The monoisotopic (exact) mass is 404 g/mol. The predicted molar refractivity (Wildman–Crippen MR) is 102 cm³/mol. The number of para-hydroxylation sites is 1. The van der Waals surface area contributed by atoms with E-state index in [4.69, 9.17) is 25.8 Å². The fraction of sp³-hybridized carbons (Fsp3) is 0.400. The fourth-order valence-electron chi connectivity index (χ4n) is 3.04. The van der Waals surface area contributed by atoms with E-state index in [9.17, 15) is 9.59 Å². The third kappa shape index (κ3) is 4.42. The Morgan fingerprint density at radius 3 is 2.61 bits per heavy atom. The van der Waals surface area contributed by atoms with Crippen LogP contribution in [0.15, 0.2) is 24.3 Å². The molecule has 1 aromatic carbocycles. The van der Waals surface area contributed by atoms with Crippen molar-refractivity contribution in [1.29, 1.82) is 0 Å². The lowest BCUT2D eigenvalue weighted by molar-refractivity contribution is -0.149. The molecule has 28 heavy (non-hydrogen) atoms. The molecule has 0 bridgehead atoms. The number of aryl methyl sites for hydroxylation is 1. The number of ether oxygens (including phenoxy) is 3. The van der Waals surface area contributed by atoms with Crippen molar-refractivity contribution in [3.05, 3.63) is 46.1 Å². The Kier molecular flexibility index (Phi) is 6.14. The highest BCUT2D eigenvalue weighted by Gasteiger charge is 2.32. The Balaban J connectivity index is 2.03. The molecule has 0 radical (unpaired) electrons. The van der Waals surface area contributed by atoms with E-state index >= 15 is 0 Å². The van der Waals surface area contributed by atoms with E-state index in [0.717, 1.165) is 24.0 Å². The Morgan fingerprint density at radius 1 is 1.21 bits per heavy atom. The summed E-state index contributed by atoms with van der Waals surface area (Å²) in [7, 11) is 2.50. The van der Waals surface area contributed by atoms with Crippen LogP contribution in [0, 0.1) is 6.92 Å². The van der Waals surface area contributed by atoms with Gasteiger partial charge < -0.3 is 14.2 Å². The molecule has 1 fully saturated rings. The van der Waals surface area contributed by atoms with Crippen molar-refractivity contribution >= 4 is 23.5 Å². The number of halogens is 1. The van der Waals surface area contributed by atoms with Crippen molar-refractivity contribution in [3.8, 4) is 11.6 Å². The largest absolute Gasteiger partial charge is 0.469 e. The molecule has 1 aromatic heterocycles. The highest BCUT2D eigenvalue weighted by Crippen LogP contribution is 2.46. The lowest BCUT2D eigenvalue weighted by atomic mass is 9.97. The second-order valence-corrected chi connectivity index (χ2v) is 7.04. The Morgan fingerprint density at radius 2 is 1.96 bits per heavy atom. The minimum atomic E-state index is -0.978. The van der Waals surface area contributed by atoms with Crippen LogP contribution in [0.25, 0.3) is 0 Å². The summed E-state index contributed by atoms with van der Waals surface area (Å²) in [6, 6.07) is 7.41. The van der Waals surface area contributed by atoms with Crippen LogP contribution in [0.1, 0.15) is 47.8 Å². The smallest absolute Gasteiger partial charge is 0.313 e. The average Bonchev–Trinajstić information content (AvgIpc) is 3.53. The first-order chi connectivity index (χ1) is 13.4. The molecule has 0 saturated heterocycles. The maximum atomic E-state index is 12.4. The van der Waals surface area contributed by atoms with Crippen LogP contribution in [0.5, 0.6) is 11.6 Å². The summed E-state index contributed by atoms with van der Waals surface area (Å²) >= 11 is 6.01. The Hall–Kier alpha value is -2.67. The molecule has 0 spiro atoms. The summed E-state index contributed by atoms with van der Waals surface area (Å²) in [6.45, 7) is 1.94. The number of rotatable bonds is 7. The number of methoxy groups -OCH3 is 2. The molecule has 0 amide bonds. The summed E-state index contributed by atoms with van der Waals surface area (Å²) in [4.78, 5) is 24.2. The second-order valence-electron chi connectivity index (χ2n) is 6.65. The van der Waals surface area contributed by atoms with E-state index in [-0.39, 0.29) is 17.5 Å². The predicted octanol–water partition coefficient (Wildman–Crippen LogP) is 3.93. The van der Waals surface area contributed by atoms with Crippen molar-refractivity contribution in [2.45, 2.75) is 38.0 Å². The first-order valence-electron chi connectivity index (χ1n) is 8.89. The van der Waals surface area contributed by atoms with Crippen LogP contribution in [0.4, 0.5) is 0 Å². The average molecular weight is 405 g/mol. The van der Waals surface area contributed by atoms with Gasteiger partial charge in [0.2, 0.25) is 5.88 Å². The first-order valence-corrected chi connectivity index (χ1v) is 9.27. The van der Waals surface area contributed by atoms with Gasteiger partial charge in [0.1, 0.15) is 5.75 Å². The van der Waals surface area contributed by atoms with Crippen LogP contribution in [-0.4, -0.2) is 36.4 Å². The molecule has 0 aliphatic heterocycles. The zero-order valence-corrected chi connectivity index (χ0v) is 16.7. The van der Waals surface area contributed by atoms with Crippen LogP contribution in [-0.2, 0) is 19.1 Å². The van der Waals surface area contributed by atoms with Gasteiger partial charge in [-0.05, 0) is 42.9 Å². The molecule has 1 unspecified atom stereocenters. The third-order valence-corrected chi connectivity index (χ3v) is 4.86. The molecule has 1 aliphatic carbocycles. The van der Waals surface area contributed by atoms with Gasteiger partial charge in [-0.15, -0.1) is 10.2 Å². The van der Waals surface area contributed by atoms with Crippen molar-refractivity contribution in [3.63, 3.8) is 0 Å². The van der Waals surface area contributed by atoms with E-state index in [0.29, 0.717) is 17.2 Å². The van der Waals surface area contributed by atoms with Crippen LogP contribution < -0.4 is 4.74 Å². The standard InChI is InChI=1S/C20H21ClN2O5/c1-11-5-4-6-13(12-7-8-12)18(11)28-19-14(9-16(21)22-23-19)15(20(25)27-3)10-17(24)26-2/h4-6,9,12,15H,7-8,10H2,1-3H3. The Bertz CT molecular complexity index is 898. The van der Waals surface area contributed by atoms with E-state index in [2.05, 4.69) is 10.2 Å². The summed E-state index contributed by atoms with van der Waals surface area (Å²) in [5.41, 5.74) is 2.35. The topological polar surface area (TPSA) is 87.6 Å². The van der Waals surface area contributed by atoms with Gasteiger partial charge in [-0.3, -0.25) is 9.59 Å².